The quantitative estimate of drug-likeness (QED) is 0.796. The number of anilines is 1. The summed E-state index contributed by atoms with van der Waals surface area (Å²) in [5.41, 5.74) is 0. The second-order valence-corrected chi connectivity index (χ2v) is 5.66. The molecule has 1 aromatic rings. The minimum atomic E-state index is -0.101. The third-order valence-electron chi connectivity index (χ3n) is 3.21. The second-order valence-electron chi connectivity index (χ2n) is 4.68. The van der Waals surface area contributed by atoms with E-state index in [0.717, 1.165) is 37.0 Å². The fraction of sp³-hybridized carbons (Fsp3) is 0.750. The molecule has 1 aliphatic rings. The number of nitrogens with one attached hydrogen (secondary N) is 2. The van der Waals surface area contributed by atoms with Crippen LogP contribution in [-0.4, -0.2) is 29.2 Å². The standard InChI is InChI=1S/C12H20N4OS/c1-2-7-14-12-16-15-11(18-12)10(17)13-8-6-9-4-3-5-9/h9H,2-8H2,1H3,(H,13,17)(H,14,16). The van der Waals surface area contributed by atoms with Gasteiger partial charge in [0.25, 0.3) is 5.91 Å². The number of rotatable bonds is 7. The van der Waals surface area contributed by atoms with Crippen molar-refractivity contribution in [2.24, 2.45) is 5.92 Å². The summed E-state index contributed by atoms with van der Waals surface area (Å²) in [6.45, 7) is 3.70. The number of amides is 1. The van der Waals surface area contributed by atoms with Crippen molar-refractivity contribution in [3.63, 3.8) is 0 Å². The summed E-state index contributed by atoms with van der Waals surface area (Å²) in [4.78, 5) is 11.8. The van der Waals surface area contributed by atoms with Gasteiger partial charge in [0.05, 0.1) is 0 Å². The SMILES string of the molecule is CCCNc1nnc(C(=O)NCCC2CCC2)s1. The highest BCUT2D eigenvalue weighted by molar-refractivity contribution is 7.17. The van der Waals surface area contributed by atoms with Crippen molar-refractivity contribution in [1.82, 2.24) is 15.5 Å². The van der Waals surface area contributed by atoms with Crippen LogP contribution in [0.2, 0.25) is 0 Å². The van der Waals surface area contributed by atoms with Crippen molar-refractivity contribution >= 4 is 22.4 Å². The van der Waals surface area contributed by atoms with Gasteiger partial charge in [-0.05, 0) is 18.8 Å². The van der Waals surface area contributed by atoms with Crippen LogP contribution in [0.1, 0.15) is 48.8 Å². The predicted molar refractivity (Wildman–Crippen MR) is 73.0 cm³/mol. The summed E-state index contributed by atoms with van der Waals surface area (Å²) >= 11 is 1.31. The number of hydrogen-bond acceptors (Lipinski definition) is 5. The van der Waals surface area contributed by atoms with Crippen LogP contribution in [-0.2, 0) is 0 Å². The fourth-order valence-electron chi connectivity index (χ4n) is 1.87. The van der Waals surface area contributed by atoms with Crippen molar-refractivity contribution in [2.75, 3.05) is 18.4 Å². The van der Waals surface area contributed by atoms with E-state index in [1.54, 1.807) is 0 Å². The van der Waals surface area contributed by atoms with Crippen molar-refractivity contribution in [1.29, 1.82) is 0 Å². The van der Waals surface area contributed by atoms with Gasteiger partial charge in [0.15, 0.2) is 0 Å². The molecule has 2 N–H and O–H groups in total. The average molecular weight is 268 g/mol. The first kappa shape index (κ1) is 13.3. The zero-order valence-corrected chi connectivity index (χ0v) is 11.6. The molecule has 2 rings (SSSR count). The molecule has 1 saturated carbocycles. The third-order valence-corrected chi connectivity index (χ3v) is 4.09. The van der Waals surface area contributed by atoms with Gasteiger partial charge in [0.2, 0.25) is 10.1 Å². The predicted octanol–water partition coefficient (Wildman–Crippen LogP) is 2.28. The molecule has 5 nitrogen and oxygen atoms in total. The highest BCUT2D eigenvalue weighted by Gasteiger charge is 2.18. The zero-order valence-electron chi connectivity index (χ0n) is 10.7. The van der Waals surface area contributed by atoms with Crippen LogP contribution in [0.4, 0.5) is 5.13 Å². The van der Waals surface area contributed by atoms with E-state index < -0.39 is 0 Å². The van der Waals surface area contributed by atoms with Gasteiger partial charge in [-0.2, -0.15) is 0 Å². The Morgan fingerprint density at radius 1 is 1.39 bits per heavy atom. The smallest absolute Gasteiger partial charge is 0.282 e. The molecule has 0 aliphatic heterocycles. The molecule has 0 bridgehead atoms. The van der Waals surface area contributed by atoms with E-state index in [4.69, 9.17) is 0 Å². The van der Waals surface area contributed by atoms with Crippen molar-refractivity contribution in [3.8, 4) is 0 Å². The third kappa shape index (κ3) is 3.66. The highest BCUT2D eigenvalue weighted by Crippen LogP contribution is 2.28. The van der Waals surface area contributed by atoms with Gasteiger partial charge in [-0.1, -0.05) is 37.5 Å². The number of aromatic nitrogens is 2. The Labute approximate surface area is 111 Å². The maximum atomic E-state index is 11.8. The molecular weight excluding hydrogens is 248 g/mol. The number of hydrogen-bond donors (Lipinski definition) is 2. The van der Waals surface area contributed by atoms with E-state index >= 15 is 0 Å². The van der Waals surface area contributed by atoms with Crippen LogP contribution < -0.4 is 10.6 Å². The van der Waals surface area contributed by atoms with E-state index in [2.05, 4.69) is 27.8 Å². The maximum absolute atomic E-state index is 11.8. The Morgan fingerprint density at radius 3 is 2.89 bits per heavy atom. The van der Waals surface area contributed by atoms with Gasteiger partial charge in [-0.25, -0.2) is 0 Å². The van der Waals surface area contributed by atoms with E-state index in [9.17, 15) is 4.79 Å². The van der Waals surface area contributed by atoms with Gasteiger partial charge in [-0.15, -0.1) is 10.2 Å². The van der Waals surface area contributed by atoms with Gasteiger partial charge in [0.1, 0.15) is 0 Å². The summed E-state index contributed by atoms with van der Waals surface area (Å²) in [5.74, 6) is 0.720. The Morgan fingerprint density at radius 2 is 2.22 bits per heavy atom. The first-order chi connectivity index (χ1) is 8.79. The molecule has 0 radical (unpaired) electrons. The minimum Gasteiger partial charge on any atom is -0.360 e. The van der Waals surface area contributed by atoms with E-state index in [1.807, 2.05) is 0 Å². The summed E-state index contributed by atoms with van der Waals surface area (Å²) in [6, 6.07) is 0. The summed E-state index contributed by atoms with van der Waals surface area (Å²) in [6.07, 6.45) is 6.11. The fourth-order valence-corrected chi connectivity index (χ4v) is 2.55. The van der Waals surface area contributed by atoms with Crippen LogP contribution in [0.25, 0.3) is 0 Å². The molecule has 1 fully saturated rings. The molecule has 1 amide bonds. The number of nitrogens with zero attached hydrogens (tertiary/aromatic N) is 2. The highest BCUT2D eigenvalue weighted by atomic mass is 32.1. The minimum absolute atomic E-state index is 0.101. The first-order valence-electron chi connectivity index (χ1n) is 6.65. The van der Waals surface area contributed by atoms with Gasteiger partial charge in [0, 0.05) is 13.1 Å². The average Bonchev–Trinajstić information content (AvgIpc) is 2.78. The van der Waals surface area contributed by atoms with Crippen molar-refractivity contribution in [2.45, 2.75) is 39.0 Å². The van der Waals surface area contributed by atoms with Crippen LogP contribution >= 0.6 is 11.3 Å². The molecule has 0 unspecified atom stereocenters. The lowest BCUT2D eigenvalue weighted by Crippen LogP contribution is -2.27. The van der Waals surface area contributed by atoms with Crippen LogP contribution in [0.5, 0.6) is 0 Å². The van der Waals surface area contributed by atoms with E-state index in [0.29, 0.717) is 5.01 Å². The summed E-state index contributed by atoms with van der Waals surface area (Å²) in [5, 5.41) is 15.0. The molecule has 0 saturated heterocycles. The van der Waals surface area contributed by atoms with E-state index in [-0.39, 0.29) is 5.91 Å². The van der Waals surface area contributed by atoms with Crippen LogP contribution in [0.3, 0.4) is 0 Å². The molecule has 1 heterocycles. The Hall–Kier alpha value is -1.17. The van der Waals surface area contributed by atoms with E-state index in [1.165, 1.54) is 30.6 Å². The molecule has 0 atom stereocenters. The summed E-state index contributed by atoms with van der Waals surface area (Å²) in [7, 11) is 0. The molecule has 1 aromatic heterocycles. The lowest BCUT2D eigenvalue weighted by Gasteiger charge is -2.24. The molecule has 6 heteroatoms. The monoisotopic (exact) mass is 268 g/mol. The van der Waals surface area contributed by atoms with Crippen LogP contribution in [0, 0.1) is 5.92 Å². The maximum Gasteiger partial charge on any atom is 0.282 e. The Bertz CT molecular complexity index is 389. The Kier molecular flexibility index (Phi) is 4.92. The van der Waals surface area contributed by atoms with Gasteiger partial charge >= 0.3 is 0 Å². The first-order valence-corrected chi connectivity index (χ1v) is 7.47. The molecular formula is C12H20N4OS. The van der Waals surface area contributed by atoms with Crippen molar-refractivity contribution < 1.29 is 4.79 Å². The normalized spacial score (nSPS) is 15.2. The van der Waals surface area contributed by atoms with Gasteiger partial charge in [-0.3, -0.25) is 4.79 Å². The van der Waals surface area contributed by atoms with Crippen LogP contribution in [0.15, 0.2) is 0 Å². The molecule has 18 heavy (non-hydrogen) atoms. The molecule has 1 aliphatic carbocycles. The molecule has 0 aromatic carbocycles. The van der Waals surface area contributed by atoms with Crippen molar-refractivity contribution in [3.05, 3.63) is 5.01 Å². The Balaban J connectivity index is 1.71. The zero-order chi connectivity index (χ0) is 12.8. The topological polar surface area (TPSA) is 66.9 Å². The number of carbonyl (C=O) groups excluding carboxylic acids is 1. The molecule has 100 valence electrons. The van der Waals surface area contributed by atoms with Gasteiger partial charge < -0.3 is 10.6 Å². The second kappa shape index (κ2) is 6.68. The molecule has 0 spiro atoms. The lowest BCUT2D eigenvalue weighted by atomic mass is 9.83. The lowest BCUT2D eigenvalue weighted by molar-refractivity contribution is 0.0948. The largest absolute Gasteiger partial charge is 0.360 e. The summed E-state index contributed by atoms with van der Waals surface area (Å²) < 4.78 is 0. The number of carbonyl (C=O) groups is 1.